The number of benzene rings is 3. The Bertz CT molecular complexity index is 1080. The van der Waals surface area contributed by atoms with Gasteiger partial charge < -0.3 is 16.4 Å². The lowest BCUT2D eigenvalue weighted by Crippen LogP contribution is -2.03. The Morgan fingerprint density at radius 3 is 1.59 bits per heavy atom. The van der Waals surface area contributed by atoms with Gasteiger partial charge in [-0.3, -0.25) is 0 Å². The first-order chi connectivity index (χ1) is 14.0. The highest BCUT2D eigenvalue weighted by atomic mass is 14.9. The van der Waals surface area contributed by atoms with E-state index in [4.69, 9.17) is 18.6 Å². The smallest absolute Gasteiger partial charge is 0.0396 e. The Labute approximate surface area is 172 Å². The van der Waals surface area contributed by atoms with Crippen molar-refractivity contribution in [3.05, 3.63) is 102 Å². The van der Waals surface area contributed by atoms with E-state index >= 15 is 0 Å². The molecule has 0 saturated carbocycles. The highest BCUT2D eigenvalue weighted by molar-refractivity contribution is 5.83. The van der Waals surface area contributed by atoms with Gasteiger partial charge in [-0.15, -0.1) is 12.8 Å². The van der Waals surface area contributed by atoms with Gasteiger partial charge in [0.05, 0.1) is 0 Å². The number of terminal acetylenes is 2. The summed E-state index contributed by atoms with van der Waals surface area (Å²) in [6.07, 6.45) is 10.9. The maximum absolute atomic E-state index is 6.12. The zero-order valence-corrected chi connectivity index (χ0v) is 16.0. The van der Waals surface area contributed by atoms with E-state index in [1.807, 2.05) is 66.7 Å². The SMILES string of the molecule is C#Cc1cccc(NC(=C)c2cc(N)cc(C(=C)Nc3cccc(C#C)c3)c2)c1. The van der Waals surface area contributed by atoms with Gasteiger partial charge in [0, 0.05) is 50.7 Å². The summed E-state index contributed by atoms with van der Waals surface area (Å²) in [5.41, 5.74) is 13.2. The lowest BCUT2D eigenvalue weighted by Gasteiger charge is -2.15. The molecule has 3 aromatic carbocycles. The molecule has 140 valence electrons. The van der Waals surface area contributed by atoms with Gasteiger partial charge in [-0.25, -0.2) is 0 Å². The number of hydrogen-bond acceptors (Lipinski definition) is 3. The standard InChI is InChI=1S/C26H21N3/c1-5-20-9-7-11-25(13-20)28-18(3)22-15-23(17-24(27)16-22)19(4)29-26-12-8-10-21(6-2)14-26/h1-2,7-17,28-29H,3-4,27H2. The first-order valence-electron chi connectivity index (χ1n) is 8.95. The van der Waals surface area contributed by atoms with Crippen molar-refractivity contribution in [2.45, 2.75) is 0 Å². The van der Waals surface area contributed by atoms with Crippen LogP contribution in [0, 0.1) is 24.7 Å². The van der Waals surface area contributed by atoms with Crippen LogP contribution in [0.3, 0.4) is 0 Å². The molecule has 0 amide bonds. The maximum atomic E-state index is 6.12. The van der Waals surface area contributed by atoms with Crippen LogP contribution in [-0.2, 0) is 0 Å². The third-order valence-corrected chi connectivity index (χ3v) is 4.30. The van der Waals surface area contributed by atoms with Crippen molar-refractivity contribution in [3.63, 3.8) is 0 Å². The van der Waals surface area contributed by atoms with Crippen molar-refractivity contribution < 1.29 is 0 Å². The highest BCUT2D eigenvalue weighted by Gasteiger charge is 2.07. The molecule has 0 spiro atoms. The summed E-state index contributed by atoms with van der Waals surface area (Å²) < 4.78 is 0. The predicted molar refractivity (Wildman–Crippen MR) is 125 cm³/mol. The van der Waals surface area contributed by atoms with Gasteiger partial charge in [-0.2, -0.15) is 0 Å². The molecule has 3 aromatic rings. The number of nitrogens with one attached hydrogen (secondary N) is 2. The molecule has 0 atom stereocenters. The van der Waals surface area contributed by atoms with Crippen LogP contribution in [0.5, 0.6) is 0 Å². The Kier molecular flexibility index (Phi) is 5.74. The Morgan fingerprint density at radius 2 is 1.17 bits per heavy atom. The number of anilines is 3. The lowest BCUT2D eigenvalue weighted by atomic mass is 10.0. The summed E-state index contributed by atoms with van der Waals surface area (Å²) in [5.74, 6) is 5.25. The molecule has 0 fully saturated rings. The van der Waals surface area contributed by atoms with E-state index in [9.17, 15) is 0 Å². The molecule has 0 aliphatic carbocycles. The first kappa shape index (κ1) is 19.4. The third kappa shape index (κ3) is 4.89. The number of nitrogen functional groups attached to an aromatic ring is 1. The van der Waals surface area contributed by atoms with Crippen molar-refractivity contribution in [1.29, 1.82) is 0 Å². The minimum absolute atomic E-state index is 0.609. The van der Waals surface area contributed by atoms with E-state index in [1.54, 1.807) is 0 Å². The molecule has 3 heteroatoms. The van der Waals surface area contributed by atoms with Gasteiger partial charge in [-0.1, -0.05) is 37.1 Å². The summed E-state index contributed by atoms with van der Waals surface area (Å²) in [6, 6.07) is 20.8. The van der Waals surface area contributed by atoms with E-state index in [2.05, 4.69) is 35.6 Å². The van der Waals surface area contributed by atoms with Crippen molar-refractivity contribution >= 4 is 28.5 Å². The molecule has 3 nitrogen and oxygen atoms in total. The van der Waals surface area contributed by atoms with Gasteiger partial charge in [0.25, 0.3) is 0 Å². The van der Waals surface area contributed by atoms with E-state index in [1.165, 1.54) is 0 Å². The normalized spacial score (nSPS) is 9.72. The average molecular weight is 375 g/mol. The molecule has 0 aliphatic heterocycles. The maximum Gasteiger partial charge on any atom is 0.0396 e. The van der Waals surface area contributed by atoms with Gasteiger partial charge >= 0.3 is 0 Å². The molecule has 0 unspecified atom stereocenters. The molecule has 0 aromatic heterocycles. The van der Waals surface area contributed by atoms with Gasteiger partial charge in [0.15, 0.2) is 0 Å². The van der Waals surface area contributed by atoms with Crippen molar-refractivity contribution in [2.75, 3.05) is 16.4 Å². The van der Waals surface area contributed by atoms with Gasteiger partial charge in [0.2, 0.25) is 0 Å². The van der Waals surface area contributed by atoms with E-state index in [0.717, 1.165) is 33.6 Å². The molecule has 3 rings (SSSR count). The summed E-state index contributed by atoms with van der Waals surface area (Å²) in [4.78, 5) is 0. The second kappa shape index (κ2) is 8.57. The van der Waals surface area contributed by atoms with Crippen LogP contribution in [0.15, 0.2) is 79.9 Å². The number of rotatable bonds is 6. The third-order valence-electron chi connectivity index (χ3n) is 4.30. The average Bonchev–Trinajstić information content (AvgIpc) is 2.73. The molecule has 0 bridgehead atoms. The highest BCUT2D eigenvalue weighted by Crippen LogP contribution is 2.25. The summed E-state index contributed by atoms with van der Waals surface area (Å²) in [5, 5.41) is 6.55. The second-order valence-corrected chi connectivity index (χ2v) is 6.50. The van der Waals surface area contributed by atoms with Gasteiger partial charge in [-0.05, 0) is 54.6 Å². The Balaban J connectivity index is 1.81. The second-order valence-electron chi connectivity index (χ2n) is 6.50. The molecule has 4 N–H and O–H groups in total. The molecular formula is C26H21N3. The van der Waals surface area contributed by atoms with Crippen LogP contribution in [0.1, 0.15) is 22.3 Å². The largest absolute Gasteiger partial charge is 0.399 e. The molecule has 0 aliphatic rings. The number of nitrogens with two attached hydrogens (primary N) is 1. The Hall–Kier alpha value is -4.34. The van der Waals surface area contributed by atoms with Gasteiger partial charge in [0.1, 0.15) is 0 Å². The Morgan fingerprint density at radius 1 is 0.724 bits per heavy atom. The quantitative estimate of drug-likeness (QED) is 0.399. The zero-order valence-electron chi connectivity index (χ0n) is 16.0. The molecule has 0 heterocycles. The van der Waals surface area contributed by atoms with Crippen LogP contribution < -0.4 is 16.4 Å². The fraction of sp³-hybridized carbons (Fsp3) is 0. The summed E-state index contributed by atoms with van der Waals surface area (Å²) in [7, 11) is 0. The predicted octanol–water partition coefficient (Wildman–Crippen LogP) is 5.40. The van der Waals surface area contributed by atoms with Crippen LogP contribution >= 0.6 is 0 Å². The van der Waals surface area contributed by atoms with Crippen LogP contribution in [-0.4, -0.2) is 0 Å². The fourth-order valence-electron chi connectivity index (χ4n) is 2.87. The zero-order chi connectivity index (χ0) is 20.8. The summed E-state index contributed by atoms with van der Waals surface area (Å²) in [6.45, 7) is 8.27. The molecular weight excluding hydrogens is 354 g/mol. The fourth-order valence-corrected chi connectivity index (χ4v) is 2.87. The van der Waals surface area contributed by atoms with Crippen LogP contribution in [0.2, 0.25) is 0 Å². The van der Waals surface area contributed by atoms with Crippen molar-refractivity contribution in [2.24, 2.45) is 0 Å². The molecule has 0 radical (unpaired) electrons. The minimum Gasteiger partial charge on any atom is -0.399 e. The lowest BCUT2D eigenvalue weighted by molar-refractivity contribution is 1.49. The van der Waals surface area contributed by atoms with E-state index in [-0.39, 0.29) is 0 Å². The summed E-state index contributed by atoms with van der Waals surface area (Å²) >= 11 is 0. The molecule has 29 heavy (non-hydrogen) atoms. The van der Waals surface area contributed by atoms with E-state index in [0.29, 0.717) is 17.1 Å². The monoisotopic (exact) mass is 375 g/mol. The van der Waals surface area contributed by atoms with Crippen molar-refractivity contribution in [1.82, 2.24) is 0 Å². The number of hydrogen-bond donors (Lipinski definition) is 3. The topological polar surface area (TPSA) is 50.1 Å². The first-order valence-corrected chi connectivity index (χ1v) is 8.95. The van der Waals surface area contributed by atoms with Crippen molar-refractivity contribution in [3.8, 4) is 24.7 Å². The molecule has 0 saturated heterocycles. The van der Waals surface area contributed by atoms with Crippen LogP contribution in [0.4, 0.5) is 17.1 Å². The van der Waals surface area contributed by atoms with Crippen LogP contribution in [0.25, 0.3) is 11.4 Å². The van der Waals surface area contributed by atoms with E-state index < -0.39 is 0 Å². The minimum atomic E-state index is 0.609.